The van der Waals surface area contributed by atoms with Gasteiger partial charge >= 0.3 is 0 Å². The van der Waals surface area contributed by atoms with Crippen molar-refractivity contribution < 1.29 is 4.74 Å². The Morgan fingerprint density at radius 2 is 2.22 bits per heavy atom. The molecule has 4 nitrogen and oxygen atoms in total. The van der Waals surface area contributed by atoms with Crippen LogP contribution in [0.4, 0.5) is 0 Å². The van der Waals surface area contributed by atoms with Gasteiger partial charge in [-0.15, -0.1) is 11.3 Å². The smallest absolute Gasteiger partial charge is 0.168 e. The molecule has 2 heterocycles. The lowest BCUT2D eigenvalue weighted by atomic mass is 10.3. The highest BCUT2D eigenvalue weighted by Gasteiger charge is 2.11. The summed E-state index contributed by atoms with van der Waals surface area (Å²) in [6.07, 6.45) is 2.30. The van der Waals surface area contributed by atoms with E-state index in [1.165, 1.54) is 9.75 Å². The molecule has 2 rings (SSSR count). The number of aryl methyl sites for hydroxylation is 2. The normalized spacial score (nSPS) is 11.1. The van der Waals surface area contributed by atoms with Crippen molar-refractivity contribution >= 4 is 11.3 Å². The highest BCUT2D eigenvalue weighted by Crippen LogP contribution is 2.27. The molecule has 98 valence electrons. The van der Waals surface area contributed by atoms with Crippen molar-refractivity contribution in [3.63, 3.8) is 0 Å². The lowest BCUT2D eigenvalue weighted by Gasteiger charge is -2.02. The van der Waals surface area contributed by atoms with E-state index >= 15 is 0 Å². The molecule has 0 unspecified atom stereocenters. The van der Waals surface area contributed by atoms with E-state index in [0.717, 1.165) is 31.0 Å². The lowest BCUT2D eigenvalue weighted by Crippen LogP contribution is -2.01. The van der Waals surface area contributed by atoms with Crippen LogP contribution < -0.4 is 0 Å². The molecule has 0 radical (unpaired) electrons. The average molecular weight is 265 g/mol. The first kappa shape index (κ1) is 13.2. The predicted octanol–water partition coefficient (Wildman–Crippen LogP) is 3.26. The second kappa shape index (κ2) is 6.11. The molecular weight excluding hydrogens is 246 g/mol. The van der Waals surface area contributed by atoms with Crippen molar-refractivity contribution in [3.05, 3.63) is 22.8 Å². The van der Waals surface area contributed by atoms with Gasteiger partial charge in [0.15, 0.2) is 5.82 Å². The zero-order valence-corrected chi connectivity index (χ0v) is 12.0. The van der Waals surface area contributed by atoms with Gasteiger partial charge in [0.1, 0.15) is 5.82 Å². The minimum absolute atomic E-state index is 0.659. The monoisotopic (exact) mass is 265 g/mol. The van der Waals surface area contributed by atoms with Crippen molar-refractivity contribution in [1.29, 1.82) is 0 Å². The molecule has 0 aliphatic carbocycles. The van der Waals surface area contributed by atoms with Crippen LogP contribution >= 0.6 is 11.3 Å². The number of hydrogen-bond donors (Lipinski definition) is 0. The minimum Gasteiger partial charge on any atom is -0.379 e. The highest BCUT2D eigenvalue weighted by atomic mass is 32.1. The lowest BCUT2D eigenvalue weighted by molar-refractivity contribution is 0.187. The predicted molar refractivity (Wildman–Crippen MR) is 73.7 cm³/mol. The molecule has 5 heteroatoms. The largest absolute Gasteiger partial charge is 0.379 e. The van der Waals surface area contributed by atoms with Crippen LogP contribution in [0, 0.1) is 6.92 Å². The van der Waals surface area contributed by atoms with E-state index in [4.69, 9.17) is 4.74 Å². The molecule has 0 N–H and O–H groups in total. The molecule has 0 aliphatic rings. The van der Waals surface area contributed by atoms with E-state index in [2.05, 4.69) is 29.1 Å². The van der Waals surface area contributed by atoms with Crippen molar-refractivity contribution in [1.82, 2.24) is 14.8 Å². The van der Waals surface area contributed by atoms with Crippen LogP contribution in [0.1, 0.15) is 30.5 Å². The Hall–Kier alpha value is -1.20. The van der Waals surface area contributed by atoms with Gasteiger partial charge in [0.05, 0.1) is 11.5 Å². The van der Waals surface area contributed by atoms with E-state index in [9.17, 15) is 0 Å². The maximum atomic E-state index is 5.15. The van der Waals surface area contributed by atoms with Gasteiger partial charge in [-0.2, -0.15) is 5.10 Å². The van der Waals surface area contributed by atoms with Crippen molar-refractivity contribution in [2.24, 2.45) is 0 Å². The minimum atomic E-state index is 0.659. The molecule has 0 aliphatic heterocycles. The summed E-state index contributed by atoms with van der Waals surface area (Å²) in [6, 6.07) is 4.20. The summed E-state index contributed by atoms with van der Waals surface area (Å²) >= 11 is 1.72. The first-order chi connectivity index (χ1) is 8.74. The third kappa shape index (κ3) is 2.97. The number of thiophene rings is 1. The molecule has 0 saturated heterocycles. The fraction of sp³-hybridized carbons (Fsp3) is 0.538. The summed E-state index contributed by atoms with van der Waals surface area (Å²) in [5.41, 5.74) is 0. The molecule has 0 bridgehead atoms. The van der Waals surface area contributed by atoms with Crippen LogP contribution in [-0.2, 0) is 17.9 Å². The van der Waals surface area contributed by atoms with Gasteiger partial charge in [-0.25, -0.2) is 9.67 Å². The zero-order valence-electron chi connectivity index (χ0n) is 11.1. The molecule has 0 amide bonds. The average Bonchev–Trinajstić information content (AvgIpc) is 2.93. The van der Waals surface area contributed by atoms with Crippen LogP contribution in [0.25, 0.3) is 10.7 Å². The SMILES string of the molecule is CCCCn1nc(C)nc1-c1ccc(COC)s1. The Labute approximate surface area is 112 Å². The van der Waals surface area contributed by atoms with E-state index in [0.29, 0.717) is 6.61 Å². The van der Waals surface area contributed by atoms with Crippen LogP contribution in [-0.4, -0.2) is 21.9 Å². The topological polar surface area (TPSA) is 39.9 Å². The Morgan fingerprint density at radius 1 is 1.39 bits per heavy atom. The maximum Gasteiger partial charge on any atom is 0.168 e. The van der Waals surface area contributed by atoms with Gasteiger partial charge in [0.2, 0.25) is 0 Å². The van der Waals surface area contributed by atoms with Crippen molar-refractivity contribution in [2.75, 3.05) is 7.11 Å². The van der Waals surface area contributed by atoms with Crippen LogP contribution in [0.3, 0.4) is 0 Å². The van der Waals surface area contributed by atoms with Crippen LogP contribution in [0.2, 0.25) is 0 Å². The molecule has 0 atom stereocenters. The number of rotatable bonds is 6. The number of hydrogen-bond acceptors (Lipinski definition) is 4. The number of unbranched alkanes of at least 4 members (excludes halogenated alkanes) is 1. The molecular formula is C13H19N3OS. The molecule has 0 saturated carbocycles. The first-order valence-corrected chi connectivity index (χ1v) is 7.05. The second-order valence-electron chi connectivity index (χ2n) is 4.26. The van der Waals surface area contributed by atoms with E-state index in [1.54, 1.807) is 18.4 Å². The molecule has 0 aromatic carbocycles. The van der Waals surface area contributed by atoms with Gasteiger partial charge in [-0.3, -0.25) is 0 Å². The summed E-state index contributed by atoms with van der Waals surface area (Å²) in [5, 5.41) is 4.46. The summed E-state index contributed by atoms with van der Waals surface area (Å²) in [7, 11) is 1.72. The first-order valence-electron chi connectivity index (χ1n) is 6.24. The number of ether oxygens (including phenoxy) is 1. The van der Waals surface area contributed by atoms with Gasteiger partial charge in [0, 0.05) is 18.5 Å². The molecule has 0 spiro atoms. The fourth-order valence-electron chi connectivity index (χ4n) is 1.82. The summed E-state index contributed by atoms with van der Waals surface area (Å²) in [5.74, 6) is 1.82. The van der Waals surface area contributed by atoms with Crippen LogP contribution in [0.5, 0.6) is 0 Å². The van der Waals surface area contributed by atoms with Gasteiger partial charge in [0.25, 0.3) is 0 Å². The second-order valence-corrected chi connectivity index (χ2v) is 5.43. The number of aromatic nitrogens is 3. The third-order valence-electron chi connectivity index (χ3n) is 2.67. The Balaban J connectivity index is 2.24. The molecule has 0 fully saturated rings. The molecule has 2 aromatic rings. The van der Waals surface area contributed by atoms with Gasteiger partial charge < -0.3 is 4.74 Å². The molecule has 18 heavy (non-hydrogen) atoms. The third-order valence-corrected chi connectivity index (χ3v) is 3.72. The molecule has 2 aromatic heterocycles. The summed E-state index contributed by atoms with van der Waals surface area (Å²) in [4.78, 5) is 6.91. The van der Waals surface area contributed by atoms with E-state index in [1.807, 2.05) is 11.6 Å². The highest BCUT2D eigenvalue weighted by molar-refractivity contribution is 7.15. The van der Waals surface area contributed by atoms with Crippen LogP contribution in [0.15, 0.2) is 12.1 Å². The summed E-state index contributed by atoms with van der Waals surface area (Å²) in [6.45, 7) is 5.72. The van der Waals surface area contributed by atoms with Gasteiger partial charge in [-0.1, -0.05) is 13.3 Å². The maximum absolute atomic E-state index is 5.15. The van der Waals surface area contributed by atoms with Crippen molar-refractivity contribution in [2.45, 2.75) is 39.8 Å². The number of nitrogens with zero attached hydrogens (tertiary/aromatic N) is 3. The van der Waals surface area contributed by atoms with E-state index in [-0.39, 0.29) is 0 Å². The Kier molecular flexibility index (Phi) is 4.49. The summed E-state index contributed by atoms with van der Waals surface area (Å²) < 4.78 is 7.16. The Morgan fingerprint density at radius 3 is 2.94 bits per heavy atom. The van der Waals surface area contributed by atoms with Crippen molar-refractivity contribution in [3.8, 4) is 10.7 Å². The Bertz CT molecular complexity index is 504. The fourth-order valence-corrected chi connectivity index (χ4v) is 2.79. The number of methoxy groups -OCH3 is 1. The quantitative estimate of drug-likeness (QED) is 0.805. The van der Waals surface area contributed by atoms with E-state index < -0.39 is 0 Å². The standard InChI is InChI=1S/C13H19N3OS/c1-4-5-8-16-13(14-10(2)15-16)12-7-6-11(18-12)9-17-3/h6-7H,4-5,8-9H2,1-3H3. The van der Waals surface area contributed by atoms with Gasteiger partial charge in [-0.05, 0) is 25.5 Å². The zero-order chi connectivity index (χ0) is 13.0.